The number of hydrogen-bond donors (Lipinski definition) is 1. The van der Waals surface area contributed by atoms with Gasteiger partial charge in [0, 0.05) is 5.56 Å². The molecule has 0 heterocycles. The molecule has 5 aromatic carbocycles. The Morgan fingerprint density at radius 1 is 0.338 bits per heavy atom. The SMILES string of the molecule is C[S+](C)Cc1cccc(O)c1.FC(F)(F)c1cc([B-](c2cc(C(F)(F)F)cc(C(F)(F)F)c2)(c2cc(C(F)(F)F)cc(C(F)(F)F)c2)c2cc(C(F)(F)F)cc(C(F)(F)F)c2)cc(C(F)(F)F)c1. The van der Waals surface area contributed by atoms with Gasteiger partial charge < -0.3 is 5.11 Å². The summed E-state index contributed by atoms with van der Waals surface area (Å²) in [7, 11) is 0.414. The molecule has 0 atom stereocenters. The second-order valence-corrected chi connectivity index (χ2v) is 17.3. The van der Waals surface area contributed by atoms with E-state index in [0.29, 0.717) is 16.6 Å². The van der Waals surface area contributed by atoms with Crippen LogP contribution in [0.4, 0.5) is 105 Å². The predicted molar refractivity (Wildman–Crippen MR) is 201 cm³/mol. The van der Waals surface area contributed by atoms with Crippen LogP contribution in [-0.4, -0.2) is 23.8 Å². The van der Waals surface area contributed by atoms with E-state index < -0.39 is 195 Å². The van der Waals surface area contributed by atoms with Gasteiger partial charge in [-0.25, -0.2) is 0 Å². The highest BCUT2D eigenvalue weighted by Crippen LogP contribution is 2.41. The molecule has 0 saturated carbocycles. The van der Waals surface area contributed by atoms with Gasteiger partial charge in [0.05, 0.1) is 57.0 Å². The number of hydrogen-bond acceptors (Lipinski definition) is 1. The van der Waals surface area contributed by atoms with Crippen molar-refractivity contribution in [2.45, 2.75) is 55.2 Å². The number of halogens is 24. The molecule has 0 fully saturated rings. The third-order valence-corrected chi connectivity index (χ3v) is 10.7. The summed E-state index contributed by atoms with van der Waals surface area (Å²) in [6.45, 7) is 0. The number of aromatic hydroxyl groups is 1. The minimum atomic E-state index is -6.13. The third-order valence-electron chi connectivity index (χ3n) is 9.81. The van der Waals surface area contributed by atoms with E-state index in [1.165, 1.54) is 5.56 Å². The van der Waals surface area contributed by atoms with Crippen LogP contribution in [0.25, 0.3) is 0 Å². The van der Waals surface area contributed by atoms with Crippen LogP contribution in [0.15, 0.2) is 97.1 Å². The lowest BCUT2D eigenvalue weighted by atomic mass is 9.12. The first-order chi connectivity index (χ1) is 30.4. The van der Waals surface area contributed by atoms with Gasteiger partial charge in [-0.1, -0.05) is 60.7 Å². The van der Waals surface area contributed by atoms with Gasteiger partial charge in [-0.15, -0.1) is 0 Å². The first kappa shape index (κ1) is 55.2. The molecule has 0 aliphatic heterocycles. The number of alkyl halides is 24. The van der Waals surface area contributed by atoms with Crippen molar-refractivity contribution in [1.82, 2.24) is 0 Å². The third kappa shape index (κ3) is 13.0. The van der Waals surface area contributed by atoms with Crippen molar-refractivity contribution in [3.63, 3.8) is 0 Å². The monoisotopic (exact) mass is 1030 g/mol. The molecule has 5 aromatic rings. The smallest absolute Gasteiger partial charge is 0.416 e. The maximum Gasteiger partial charge on any atom is 0.416 e. The molecule has 5 rings (SSSR count). The van der Waals surface area contributed by atoms with Crippen LogP contribution < -0.4 is 21.9 Å². The van der Waals surface area contributed by atoms with E-state index in [2.05, 4.69) is 12.5 Å². The molecule has 0 bridgehead atoms. The lowest BCUT2D eigenvalue weighted by Crippen LogP contribution is -2.75. The number of phenols is 1. The van der Waals surface area contributed by atoms with Gasteiger partial charge in [0.2, 0.25) is 0 Å². The molecule has 0 spiro atoms. The quantitative estimate of drug-likeness (QED) is 0.102. The fourth-order valence-electron chi connectivity index (χ4n) is 7.05. The Morgan fingerprint density at radius 2 is 0.544 bits per heavy atom. The van der Waals surface area contributed by atoms with E-state index in [-0.39, 0.29) is 0 Å². The fraction of sp³-hybridized carbons (Fsp3) is 0.268. The van der Waals surface area contributed by atoms with E-state index in [9.17, 15) is 105 Å². The molecule has 1 nitrogen and oxygen atoms in total. The van der Waals surface area contributed by atoms with Crippen molar-refractivity contribution in [3.05, 3.63) is 147 Å². The van der Waals surface area contributed by atoms with Crippen LogP contribution in [0.2, 0.25) is 0 Å². The van der Waals surface area contributed by atoms with E-state index in [0.717, 1.165) is 5.75 Å². The van der Waals surface area contributed by atoms with E-state index in [1.807, 2.05) is 18.2 Å². The minimum Gasteiger partial charge on any atom is -0.508 e. The Bertz CT molecular complexity index is 2150. The summed E-state index contributed by atoms with van der Waals surface area (Å²) in [5.41, 5.74) is -29.0. The highest BCUT2D eigenvalue weighted by Gasteiger charge is 2.47. The summed E-state index contributed by atoms with van der Waals surface area (Å²) in [5, 5.41) is 9.13. The van der Waals surface area contributed by atoms with Gasteiger partial charge >= 0.3 is 49.4 Å². The number of phenolic OH excluding ortho intramolecular Hbond substituents is 1. The Labute approximate surface area is 369 Å². The van der Waals surface area contributed by atoms with Crippen molar-refractivity contribution in [1.29, 1.82) is 0 Å². The van der Waals surface area contributed by atoms with E-state index in [4.69, 9.17) is 5.11 Å². The van der Waals surface area contributed by atoms with Crippen LogP contribution >= 0.6 is 0 Å². The second-order valence-electron chi connectivity index (χ2n) is 15.0. The zero-order valence-corrected chi connectivity index (χ0v) is 34.3. The van der Waals surface area contributed by atoms with Crippen molar-refractivity contribution < 1.29 is 110 Å². The molecular weight excluding hydrogens is 1010 g/mol. The summed E-state index contributed by atoms with van der Waals surface area (Å²) in [6, 6.07) is -1.35. The molecule has 0 unspecified atom stereocenters. The normalized spacial score (nSPS) is 13.7. The topological polar surface area (TPSA) is 20.2 Å². The summed E-state index contributed by atoms with van der Waals surface area (Å²) in [5.74, 6) is 1.43. The molecule has 372 valence electrons. The molecule has 0 aromatic heterocycles. The van der Waals surface area contributed by atoms with Crippen molar-refractivity contribution in [2.75, 3.05) is 12.5 Å². The first-order valence-corrected chi connectivity index (χ1v) is 20.3. The van der Waals surface area contributed by atoms with Crippen LogP contribution in [-0.2, 0) is 66.1 Å². The molecule has 0 aliphatic carbocycles. The maximum absolute atomic E-state index is 14.2. The highest BCUT2D eigenvalue weighted by molar-refractivity contribution is 7.94. The summed E-state index contributed by atoms with van der Waals surface area (Å²) >= 11 is 0. The van der Waals surface area contributed by atoms with Crippen LogP contribution in [0.1, 0.15) is 50.1 Å². The van der Waals surface area contributed by atoms with E-state index in [1.54, 1.807) is 6.07 Å². The van der Waals surface area contributed by atoms with Crippen molar-refractivity contribution in [3.8, 4) is 5.75 Å². The molecular formula is C41H25BF24OS. The zero-order valence-electron chi connectivity index (χ0n) is 33.4. The summed E-state index contributed by atoms with van der Waals surface area (Å²) < 4.78 is 341. The Morgan fingerprint density at radius 3 is 0.706 bits per heavy atom. The molecule has 0 amide bonds. The second kappa shape index (κ2) is 18.5. The van der Waals surface area contributed by atoms with E-state index >= 15 is 0 Å². The molecule has 0 radical (unpaired) electrons. The highest BCUT2D eigenvalue weighted by atomic mass is 32.2. The summed E-state index contributed by atoms with van der Waals surface area (Å²) in [6.07, 6.45) is -50.4. The number of rotatable bonds is 6. The average Bonchev–Trinajstić information content (AvgIpc) is 3.15. The largest absolute Gasteiger partial charge is 0.508 e. The number of benzene rings is 5. The van der Waals surface area contributed by atoms with Gasteiger partial charge in [-0.2, -0.15) is 127 Å². The molecule has 68 heavy (non-hydrogen) atoms. The standard InChI is InChI=1S/C32H12BF24.C9H12OS/c34-25(35,36)13-1-14(26(37,38)39)6-21(5-13)33(22-7-15(27(40,41)42)2-16(8-22)28(43,44)45,23-9-17(29(46,47)48)3-18(10-23)30(49,50)51)24-11-19(31(52,53)54)4-20(12-24)32(55,56)57;1-11(2)7-8-4-3-5-9(10)6-8/h1-12H;3-6H,7H2,1-2H3/q-1;/p+1. The Kier molecular flexibility index (Phi) is 15.0. The lowest BCUT2D eigenvalue weighted by Gasteiger charge is -2.46. The average molecular weight is 1030 g/mol. The Balaban J connectivity index is 0.000000802. The molecule has 0 saturated heterocycles. The summed E-state index contributed by atoms with van der Waals surface area (Å²) in [4.78, 5) is 0. The van der Waals surface area contributed by atoms with Crippen molar-refractivity contribution >= 4 is 38.9 Å². The zero-order chi connectivity index (χ0) is 52.2. The lowest BCUT2D eigenvalue weighted by molar-refractivity contribution is -0.144. The molecule has 1 N–H and O–H groups in total. The molecule has 0 aliphatic rings. The first-order valence-electron chi connectivity index (χ1n) is 18.1. The van der Waals surface area contributed by atoms with Crippen LogP contribution in [0.5, 0.6) is 5.75 Å². The maximum atomic E-state index is 14.2. The predicted octanol–water partition coefficient (Wildman–Crippen LogP) is 13.0. The van der Waals surface area contributed by atoms with Gasteiger partial charge in [0.15, 0.2) is 0 Å². The van der Waals surface area contributed by atoms with Gasteiger partial charge in [-0.05, 0) is 47.3 Å². The van der Waals surface area contributed by atoms with Crippen LogP contribution in [0, 0.1) is 0 Å². The van der Waals surface area contributed by atoms with Gasteiger partial charge in [0.1, 0.15) is 17.6 Å². The van der Waals surface area contributed by atoms with Crippen LogP contribution in [0.3, 0.4) is 0 Å². The Hall–Kier alpha value is -5.37. The minimum absolute atomic E-state index is 0.368. The van der Waals surface area contributed by atoms with Gasteiger partial charge in [0.25, 0.3) is 0 Å². The van der Waals surface area contributed by atoms with Crippen molar-refractivity contribution in [2.24, 2.45) is 0 Å². The van der Waals surface area contributed by atoms with Gasteiger partial charge in [-0.3, -0.25) is 0 Å². The fourth-order valence-corrected chi connectivity index (χ4v) is 7.90. The molecule has 27 heteroatoms.